The quantitative estimate of drug-likeness (QED) is 0.459. The van der Waals surface area contributed by atoms with Gasteiger partial charge in [0.25, 0.3) is 0 Å². The minimum absolute atomic E-state index is 0.0144. The molecule has 4 heteroatoms. The summed E-state index contributed by atoms with van der Waals surface area (Å²) >= 11 is 0. The second-order valence-electron chi connectivity index (χ2n) is 3.68. The van der Waals surface area contributed by atoms with Gasteiger partial charge in [-0.05, 0) is 12.8 Å². The van der Waals surface area contributed by atoms with E-state index in [0.29, 0.717) is 6.42 Å². The summed E-state index contributed by atoms with van der Waals surface area (Å²) in [5.41, 5.74) is 0. The van der Waals surface area contributed by atoms with Gasteiger partial charge in [-0.3, -0.25) is 4.79 Å². The molecule has 1 saturated carbocycles. The molecule has 0 aromatic carbocycles. The molecule has 4 nitrogen and oxygen atoms in total. The number of cyclic esters (lactones) is 1. The second kappa shape index (κ2) is 3.10. The Kier molecular flexibility index (Phi) is 2.07. The molecule has 0 radical (unpaired) electrons. The fraction of sp³-hybridized carbons (Fsp3) is 0.778. The number of rotatable bonds is 2. The highest BCUT2D eigenvalue weighted by Crippen LogP contribution is 2.43. The van der Waals surface area contributed by atoms with Crippen molar-refractivity contribution >= 4 is 12.3 Å². The lowest BCUT2D eigenvalue weighted by molar-refractivity contribution is -0.163. The van der Waals surface area contributed by atoms with Crippen LogP contribution < -0.4 is 0 Å². The molecular formula is C9H12O4. The highest BCUT2D eigenvalue weighted by Gasteiger charge is 2.50. The van der Waals surface area contributed by atoms with Crippen molar-refractivity contribution in [2.24, 2.45) is 17.8 Å². The van der Waals surface area contributed by atoms with Crippen molar-refractivity contribution in [3.05, 3.63) is 0 Å². The molecule has 2 aliphatic rings. The first kappa shape index (κ1) is 8.69. The zero-order valence-electron chi connectivity index (χ0n) is 7.43. The molecule has 2 rings (SSSR count). The van der Waals surface area contributed by atoms with Crippen LogP contribution in [-0.2, 0) is 19.1 Å². The number of ether oxygens (including phenoxy) is 2. The lowest BCUT2D eigenvalue weighted by Gasteiger charge is -2.13. The zero-order valence-corrected chi connectivity index (χ0v) is 7.43. The molecule has 1 saturated heterocycles. The van der Waals surface area contributed by atoms with Crippen LogP contribution in [0.2, 0.25) is 0 Å². The molecule has 4 atom stereocenters. The number of hydrogen-bond donors (Lipinski definition) is 0. The van der Waals surface area contributed by atoms with Crippen LogP contribution >= 0.6 is 0 Å². The lowest BCUT2D eigenvalue weighted by atomic mass is 9.99. The molecular weight excluding hydrogens is 172 g/mol. The fourth-order valence-electron chi connectivity index (χ4n) is 2.31. The molecule has 72 valence electrons. The standard InChI is InChI=1S/C9H12O4/c1-12-9-7-3-5(4-10)2-6(7)8(11)13-9/h4-7,9H,2-3H2,1H3. The van der Waals surface area contributed by atoms with Gasteiger partial charge in [-0.15, -0.1) is 0 Å². The third-order valence-corrected chi connectivity index (χ3v) is 2.96. The molecule has 4 unspecified atom stereocenters. The second-order valence-corrected chi connectivity index (χ2v) is 3.68. The number of methoxy groups -OCH3 is 1. The summed E-state index contributed by atoms with van der Waals surface area (Å²) in [5, 5.41) is 0. The summed E-state index contributed by atoms with van der Waals surface area (Å²) in [4.78, 5) is 21.8. The topological polar surface area (TPSA) is 52.6 Å². The first-order valence-corrected chi connectivity index (χ1v) is 4.45. The van der Waals surface area contributed by atoms with Crippen LogP contribution in [-0.4, -0.2) is 25.7 Å². The van der Waals surface area contributed by atoms with Crippen LogP contribution in [0.5, 0.6) is 0 Å². The monoisotopic (exact) mass is 184 g/mol. The minimum Gasteiger partial charge on any atom is -0.435 e. The Labute approximate surface area is 76.2 Å². The van der Waals surface area contributed by atoms with Crippen LogP contribution in [0, 0.1) is 17.8 Å². The van der Waals surface area contributed by atoms with E-state index in [1.807, 2.05) is 0 Å². The molecule has 0 aromatic heterocycles. The number of fused-ring (bicyclic) bond motifs is 1. The van der Waals surface area contributed by atoms with Crippen molar-refractivity contribution in [1.29, 1.82) is 0 Å². The summed E-state index contributed by atoms with van der Waals surface area (Å²) in [7, 11) is 1.52. The van der Waals surface area contributed by atoms with E-state index in [2.05, 4.69) is 0 Å². The zero-order chi connectivity index (χ0) is 9.42. The van der Waals surface area contributed by atoms with Crippen LogP contribution in [0.1, 0.15) is 12.8 Å². The van der Waals surface area contributed by atoms with Crippen LogP contribution in [0.3, 0.4) is 0 Å². The summed E-state index contributed by atoms with van der Waals surface area (Å²) in [6.45, 7) is 0. The Bertz CT molecular complexity index is 238. The van der Waals surface area contributed by atoms with Gasteiger partial charge in [-0.25, -0.2) is 0 Å². The lowest BCUT2D eigenvalue weighted by Crippen LogP contribution is -2.18. The first-order valence-electron chi connectivity index (χ1n) is 4.45. The van der Waals surface area contributed by atoms with E-state index >= 15 is 0 Å². The van der Waals surface area contributed by atoms with Gasteiger partial charge in [0.2, 0.25) is 6.29 Å². The van der Waals surface area contributed by atoms with Gasteiger partial charge < -0.3 is 14.3 Å². The van der Waals surface area contributed by atoms with Crippen LogP contribution in [0.15, 0.2) is 0 Å². The highest BCUT2D eigenvalue weighted by atomic mass is 16.7. The SMILES string of the molecule is COC1OC(=O)C2CC(C=O)CC12. The van der Waals surface area contributed by atoms with Crippen LogP contribution in [0.4, 0.5) is 0 Å². The van der Waals surface area contributed by atoms with E-state index in [-0.39, 0.29) is 23.7 Å². The first-order chi connectivity index (χ1) is 6.26. The molecule has 1 aliphatic carbocycles. The Morgan fingerprint density at radius 2 is 2.31 bits per heavy atom. The maximum atomic E-state index is 11.3. The fourth-order valence-corrected chi connectivity index (χ4v) is 2.31. The molecule has 1 heterocycles. The third kappa shape index (κ3) is 1.25. The predicted octanol–water partition coefficient (Wildman–Crippen LogP) is 0.357. The summed E-state index contributed by atoms with van der Waals surface area (Å²) in [5.74, 6) is -0.213. The Balaban J connectivity index is 2.12. The third-order valence-electron chi connectivity index (χ3n) is 2.96. The molecule has 2 fully saturated rings. The number of hydrogen-bond acceptors (Lipinski definition) is 4. The average molecular weight is 184 g/mol. The number of esters is 1. The van der Waals surface area contributed by atoms with Gasteiger partial charge in [0.15, 0.2) is 0 Å². The van der Waals surface area contributed by atoms with Gasteiger partial charge in [0.05, 0.1) is 5.92 Å². The summed E-state index contributed by atoms with van der Waals surface area (Å²) in [6.07, 6.45) is 1.85. The molecule has 1 aliphatic heterocycles. The van der Waals surface area contributed by atoms with Crippen molar-refractivity contribution in [1.82, 2.24) is 0 Å². The van der Waals surface area contributed by atoms with Crippen molar-refractivity contribution < 1.29 is 19.1 Å². The highest BCUT2D eigenvalue weighted by molar-refractivity contribution is 5.76. The predicted molar refractivity (Wildman–Crippen MR) is 42.7 cm³/mol. The van der Waals surface area contributed by atoms with Gasteiger partial charge in [-0.2, -0.15) is 0 Å². The molecule has 0 aromatic rings. The number of carbonyl (C=O) groups excluding carboxylic acids is 2. The average Bonchev–Trinajstić information content (AvgIpc) is 2.66. The van der Waals surface area contributed by atoms with E-state index in [4.69, 9.17) is 9.47 Å². The van der Waals surface area contributed by atoms with Gasteiger partial charge in [0, 0.05) is 18.9 Å². The summed E-state index contributed by atoms with van der Waals surface area (Å²) in [6, 6.07) is 0. The minimum atomic E-state index is -0.428. The van der Waals surface area contributed by atoms with Gasteiger partial charge >= 0.3 is 5.97 Å². The molecule has 0 spiro atoms. The van der Waals surface area contributed by atoms with Crippen molar-refractivity contribution in [2.75, 3.05) is 7.11 Å². The van der Waals surface area contributed by atoms with E-state index < -0.39 is 6.29 Å². The maximum absolute atomic E-state index is 11.3. The van der Waals surface area contributed by atoms with Crippen LogP contribution in [0.25, 0.3) is 0 Å². The number of carbonyl (C=O) groups is 2. The van der Waals surface area contributed by atoms with E-state index in [0.717, 1.165) is 12.7 Å². The molecule has 0 amide bonds. The normalized spacial score (nSPS) is 43.0. The number of aldehydes is 1. The van der Waals surface area contributed by atoms with Crippen molar-refractivity contribution in [3.63, 3.8) is 0 Å². The van der Waals surface area contributed by atoms with Crippen molar-refractivity contribution in [2.45, 2.75) is 19.1 Å². The smallest absolute Gasteiger partial charge is 0.311 e. The largest absolute Gasteiger partial charge is 0.435 e. The maximum Gasteiger partial charge on any atom is 0.311 e. The Morgan fingerprint density at radius 1 is 1.54 bits per heavy atom. The Hall–Kier alpha value is -0.900. The molecule has 0 bridgehead atoms. The summed E-state index contributed by atoms with van der Waals surface area (Å²) < 4.78 is 10.0. The Morgan fingerprint density at radius 3 is 2.92 bits per heavy atom. The molecule has 0 N–H and O–H groups in total. The van der Waals surface area contributed by atoms with Gasteiger partial charge in [-0.1, -0.05) is 0 Å². The van der Waals surface area contributed by atoms with E-state index in [1.165, 1.54) is 7.11 Å². The van der Waals surface area contributed by atoms with E-state index in [1.54, 1.807) is 0 Å². The van der Waals surface area contributed by atoms with Crippen molar-refractivity contribution in [3.8, 4) is 0 Å². The molecule has 13 heavy (non-hydrogen) atoms. The van der Waals surface area contributed by atoms with E-state index in [9.17, 15) is 9.59 Å². The van der Waals surface area contributed by atoms with Gasteiger partial charge in [0.1, 0.15) is 6.29 Å².